The fraction of sp³-hybridized carbons (Fsp3) is 0.400. The molecule has 1 fully saturated rings. The summed E-state index contributed by atoms with van der Waals surface area (Å²) in [5.41, 5.74) is -0.273. The number of benzene rings is 1. The number of halogens is 2. The molecule has 1 saturated heterocycles. The number of nitrogens with zero attached hydrogens (tertiary/aromatic N) is 1. The van der Waals surface area contributed by atoms with Gasteiger partial charge in [0.05, 0.1) is 5.56 Å². The van der Waals surface area contributed by atoms with E-state index in [1.807, 2.05) is 0 Å². The van der Waals surface area contributed by atoms with Crippen molar-refractivity contribution in [3.8, 4) is 0 Å². The molecule has 1 heterocycles. The first kappa shape index (κ1) is 16.1. The number of aliphatic carboxylic acids is 1. The predicted octanol–water partition coefficient (Wildman–Crippen LogP) is 2.00. The molecular formula is C15H15F2NO4. The summed E-state index contributed by atoms with van der Waals surface area (Å²) in [6.07, 6.45) is 0.550. The van der Waals surface area contributed by atoms with Crippen molar-refractivity contribution < 1.29 is 28.3 Å². The minimum atomic E-state index is -1.07. The zero-order valence-corrected chi connectivity index (χ0v) is 11.7. The van der Waals surface area contributed by atoms with Gasteiger partial charge in [0.2, 0.25) is 5.91 Å². The van der Waals surface area contributed by atoms with Gasteiger partial charge in [-0.3, -0.25) is 9.59 Å². The highest BCUT2D eigenvalue weighted by atomic mass is 19.1. The smallest absolute Gasteiger partial charge is 0.326 e. The summed E-state index contributed by atoms with van der Waals surface area (Å²) >= 11 is 0. The van der Waals surface area contributed by atoms with Crippen molar-refractivity contribution in [3.63, 3.8) is 0 Å². The van der Waals surface area contributed by atoms with Crippen molar-refractivity contribution >= 4 is 17.7 Å². The number of likely N-dealkylation sites (tertiary alicyclic amines) is 1. The molecule has 0 spiro atoms. The van der Waals surface area contributed by atoms with Crippen LogP contribution >= 0.6 is 0 Å². The van der Waals surface area contributed by atoms with Crippen LogP contribution in [0.25, 0.3) is 0 Å². The Labute approximate surface area is 125 Å². The van der Waals surface area contributed by atoms with E-state index >= 15 is 0 Å². The summed E-state index contributed by atoms with van der Waals surface area (Å²) in [4.78, 5) is 36.1. The number of Topliss-reactive ketones (excluding diaryl/α,β-unsaturated/α-hetero) is 1. The Balaban J connectivity index is 1.96. The largest absolute Gasteiger partial charge is 0.480 e. The lowest BCUT2D eigenvalue weighted by molar-refractivity contribution is -0.148. The van der Waals surface area contributed by atoms with E-state index in [4.69, 9.17) is 5.11 Å². The van der Waals surface area contributed by atoms with Gasteiger partial charge >= 0.3 is 5.97 Å². The number of amides is 1. The molecule has 0 unspecified atom stereocenters. The molecule has 2 rings (SSSR count). The fourth-order valence-corrected chi connectivity index (χ4v) is 2.54. The standard InChI is InChI=1S/C15H15F2NO4/c16-9-3-4-10(11(17)8-9)13(19)5-6-14(20)18-7-1-2-12(18)15(21)22/h3-4,8,12H,1-2,5-7H2,(H,21,22)/t12-/m1/s1. The number of rotatable bonds is 5. The van der Waals surface area contributed by atoms with Crippen LogP contribution in [0.1, 0.15) is 36.0 Å². The predicted molar refractivity (Wildman–Crippen MR) is 72.3 cm³/mol. The molecule has 1 aromatic rings. The maximum Gasteiger partial charge on any atom is 0.326 e. The van der Waals surface area contributed by atoms with Crippen molar-refractivity contribution in [2.24, 2.45) is 0 Å². The quantitative estimate of drug-likeness (QED) is 0.844. The van der Waals surface area contributed by atoms with Gasteiger partial charge in [-0.15, -0.1) is 0 Å². The van der Waals surface area contributed by atoms with E-state index in [1.165, 1.54) is 4.90 Å². The Kier molecular flexibility index (Phi) is 4.85. The highest BCUT2D eigenvalue weighted by Crippen LogP contribution is 2.20. The molecule has 1 aliphatic rings. The summed E-state index contributed by atoms with van der Waals surface area (Å²) in [6.45, 7) is 0.342. The molecule has 1 aromatic carbocycles. The molecular weight excluding hydrogens is 296 g/mol. The topological polar surface area (TPSA) is 74.7 Å². The molecule has 0 aliphatic carbocycles. The van der Waals surface area contributed by atoms with Crippen LogP contribution in [0.3, 0.4) is 0 Å². The third-order valence-electron chi connectivity index (χ3n) is 3.66. The Morgan fingerprint density at radius 2 is 1.95 bits per heavy atom. The number of ketones is 1. The highest BCUT2D eigenvalue weighted by molar-refractivity contribution is 5.98. The summed E-state index contributed by atoms with van der Waals surface area (Å²) in [5, 5.41) is 9.00. The Hall–Kier alpha value is -2.31. The fourth-order valence-electron chi connectivity index (χ4n) is 2.54. The molecule has 0 saturated carbocycles. The maximum absolute atomic E-state index is 13.5. The molecule has 118 valence electrons. The van der Waals surface area contributed by atoms with E-state index in [1.54, 1.807) is 0 Å². The van der Waals surface area contributed by atoms with E-state index in [0.717, 1.165) is 12.1 Å². The average Bonchev–Trinajstić information content (AvgIpc) is 2.94. The number of carbonyl (C=O) groups is 3. The minimum Gasteiger partial charge on any atom is -0.480 e. The molecule has 0 bridgehead atoms. The van der Waals surface area contributed by atoms with Gasteiger partial charge in [-0.05, 0) is 25.0 Å². The van der Waals surface area contributed by atoms with Crippen LogP contribution in [0.15, 0.2) is 18.2 Å². The summed E-state index contributed by atoms with van der Waals surface area (Å²) in [7, 11) is 0. The molecule has 1 atom stereocenters. The first-order valence-corrected chi connectivity index (χ1v) is 6.90. The molecule has 22 heavy (non-hydrogen) atoms. The molecule has 0 aromatic heterocycles. The average molecular weight is 311 g/mol. The zero-order chi connectivity index (χ0) is 16.3. The lowest BCUT2D eigenvalue weighted by Crippen LogP contribution is -2.40. The monoisotopic (exact) mass is 311 g/mol. The normalized spacial score (nSPS) is 17.5. The summed E-state index contributed by atoms with van der Waals surface area (Å²) < 4.78 is 26.2. The van der Waals surface area contributed by atoms with E-state index in [-0.39, 0.29) is 18.4 Å². The van der Waals surface area contributed by atoms with Crippen LogP contribution in [0.2, 0.25) is 0 Å². The van der Waals surface area contributed by atoms with Crippen LogP contribution in [0, 0.1) is 11.6 Å². The van der Waals surface area contributed by atoms with Gasteiger partial charge in [-0.2, -0.15) is 0 Å². The lowest BCUT2D eigenvalue weighted by atomic mass is 10.1. The molecule has 5 nitrogen and oxygen atoms in total. The van der Waals surface area contributed by atoms with E-state index < -0.39 is 35.3 Å². The van der Waals surface area contributed by atoms with E-state index in [9.17, 15) is 23.2 Å². The number of hydrogen-bond acceptors (Lipinski definition) is 3. The highest BCUT2D eigenvalue weighted by Gasteiger charge is 2.33. The van der Waals surface area contributed by atoms with Gasteiger partial charge in [0.25, 0.3) is 0 Å². The van der Waals surface area contributed by atoms with Gasteiger partial charge in [0, 0.05) is 25.5 Å². The third-order valence-corrected chi connectivity index (χ3v) is 3.66. The van der Waals surface area contributed by atoms with Crippen molar-refractivity contribution in [2.75, 3.05) is 6.54 Å². The molecule has 1 amide bonds. The third kappa shape index (κ3) is 3.47. The molecule has 7 heteroatoms. The Morgan fingerprint density at radius 3 is 2.59 bits per heavy atom. The van der Waals surface area contributed by atoms with Gasteiger partial charge in [0.15, 0.2) is 5.78 Å². The van der Waals surface area contributed by atoms with Crippen LogP contribution in [0.5, 0.6) is 0 Å². The molecule has 1 N–H and O–H groups in total. The first-order valence-electron chi connectivity index (χ1n) is 6.90. The second-order valence-corrected chi connectivity index (χ2v) is 5.13. The SMILES string of the molecule is O=C(CCC(=O)N1CCC[C@@H]1C(=O)O)c1ccc(F)cc1F. The van der Waals surface area contributed by atoms with Gasteiger partial charge in [-0.1, -0.05) is 0 Å². The van der Waals surface area contributed by atoms with Crippen LogP contribution in [0.4, 0.5) is 8.78 Å². The second kappa shape index (κ2) is 6.64. The van der Waals surface area contributed by atoms with Crippen molar-refractivity contribution in [2.45, 2.75) is 31.7 Å². The first-order chi connectivity index (χ1) is 10.4. The van der Waals surface area contributed by atoms with Gasteiger partial charge < -0.3 is 10.0 Å². The van der Waals surface area contributed by atoms with E-state index in [2.05, 4.69) is 0 Å². The summed E-state index contributed by atoms with van der Waals surface area (Å²) in [6, 6.07) is 1.76. The van der Waals surface area contributed by atoms with Gasteiger partial charge in [-0.25, -0.2) is 13.6 Å². The maximum atomic E-state index is 13.5. The number of carboxylic acids is 1. The zero-order valence-electron chi connectivity index (χ0n) is 11.7. The second-order valence-electron chi connectivity index (χ2n) is 5.13. The van der Waals surface area contributed by atoms with Crippen molar-refractivity contribution in [1.82, 2.24) is 4.90 Å². The van der Waals surface area contributed by atoms with Crippen LogP contribution in [-0.4, -0.2) is 40.3 Å². The number of carboxylic acid groups (broad SMARTS) is 1. The number of hydrogen-bond donors (Lipinski definition) is 1. The van der Waals surface area contributed by atoms with Crippen molar-refractivity contribution in [3.05, 3.63) is 35.4 Å². The van der Waals surface area contributed by atoms with Gasteiger partial charge in [0.1, 0.15) is 17.7 Å². The number of carbonyl (C=O) groups excluding carboxylic acids is 2. The molecule has 1 aliphatic heterocycles. The summed E-state index contributed by atoms with van der Waals surface area (Å²) in [5.74, 6) is -3.88. The van der Waals surface area contributed by atoms with Crippen LogP contribution < -0.4 is 0 Å². The Bertz CT molecular complexity index is 618. The van der Waals surface area contributed by atoms with E-state index in [0.29, 0.717) is 25.5 Å². The molecule has 0 radical (unpaired) electrons. The van der Waals surface area contributed by atoms with Crippen molar-refractivity contribution in [1.29, 1.82) is 0 Å². The Morgan fingerprint density at radius 1 is 1.23 bits per heavy atom. The minimum absolute atomic E-state index is 0.195. The lowest BCUT2D eigenvalue weighted by Gasteiger charge is -2.21. The van der Waals surface area contributed by atoms with Crippen LogP contribution in [-0.2, 0) is 9.59 Å².